The van der Waals surface area contributed by atoms with Crippen molar-refractivity contribution in [3.63, 3.8) is 0 Å². The quantitative estimate of drug-likeness (QED) is 0.722. The van der Waals surface area contributed by atoms with Crippen LogP contribution in [-0.4, -0.2) is 32.2 Å². The first-order valence-corrected chi connectivity index (χ1v) is 9.22. The van der Waals surface area contributed by atoms with Gasteiger partial charge < -0.3 is 9.52 Å². The summed E-state index contributed by atoms with van der Waals surface area (Å²) < 4.78 is 6.61. The first-order valence-electron chi connectivity index (χ1n) is 9.22. The van der Waals surface area contributed by atoms with Gasteiger partial charge in [-0.1, -0.05) is 30.3 Å². The maximum atomic E-state index is 11.7. The van der Waals surface area contributed by atoms with Gasteiger partial charge in [0.25, 0.3) is 0 Å². The molecule has 0 spiro atoms. The van der Waals surface area contributed by atoms with Crippen molar-refractivity contribution in [2.45, 2.75) is 38.8 Å². The molecule has 7 nitrogen and oxygen atoms in total. The van der Waals surface area contributed by atoms with Gasteiger partial charge in [-0.3, -0.25) is 9.47 Å². The summed E-state index contributed by atoms with van der Waals surface area (Å²) in [7, 11) is 1.66. The lowest BCUT2D eigenvalue weighted by molar-refractivity contribution is 0.0851. The maximum absolute atomic E-state index is 11.7. The van der Waals surface area contributed by atoms with Crippen molar-refractivity contribution in [1.29, 1.82) is 5.26 Å². The first-order chi connectivity index (χ1) is 13.6. The molecule has 2 aromatic carbocycles. The molecule has 0 aliphatic heterocycles. The number of aryl methyl sites for hydroxylation is 1. The van der Waals surface area contributed by atoms with Gasteiger partial charge in [0.1, 0.15) is 6.04 Å². The summed E-state index contributed by atoms with van der Waals surface area (Å²) in [5.41, 5.74) is 3.31. The van der Waals surface area contributed by atoms with Gasteiger partial charge in [-0.25, -0.2) is 9.59 Å². The van der Waals surface area contributed by atoms with E-state index in [4.69, 9.17) is 4.42 Å². The van der Waals surface area contributed by atoms with E-state index in [0.29, 0.717) is 17.5 Å². The van der Waals surface area contributed by atoms with Crippen molar-refractivity contribution >= 4 is 17.2 Å². The molecule has 3 aromatic rings. The van der Waals surface area contributed by atoms with Crippen LogP contribution >= 0.6 is 0 Å². The Hall–Kier alpha value is -3.53. The highest BCUT2D eigenvalue weighted by Gasteiger charge is 2.33. The van der Waals surface area contributed by atoms with Gasteiger partial charge in [0.15, 0.2) is 5.58 Å². The summed E-state index contributed by atoms with van der Waals surface area (Å²) in [5.74, 6) is -0.406. The van der Waals surface area contributed by atoms with Gasteiger partial charge in [0.2, 0.25) is 0 Å². The number of rotatable bonds is 4. The number of carboxylic acid groups (broad SMARTS) is 1. The third kappa shape index (κ3) is 4.02. The minimum atomic E-state index is -1.11. The molecule has 1 heterocycles. The molecule has 1 amide bonds. The predicted molar refractivity (Wildman–Crippen MR) is 110 cm³/mol. The fourth-order valence-corrected chi connectivity index (χ4v) is 3.45. The molecule has 150 valence electrons. The minimum absolute atomic E-state index is 0.301. The van der Waals surface area contributed by atoms with Crippen molar-refractivity contribution in [1.82, 2.24) is 9.47 Å². The number of oxazole rings is 1. The zero-order valence-electron chi connectivity index (χ0n) is 16.8. The number of amides is 1. The van der Waals surface area contributed by atoms with Crippen LogP contribution in [0, 0.1) is 11.3 Å². The Balaban J connectivity index is 1.86. The van der Waals surface area contributed by atoms with Gasteiger partial charge in [0.05, 0.1) is 11.6 Å². The smallest absolute Gasteiger partial charge is 0.419 e. The highest BCUT2D eigenvalue weighted by atomic mass is 16.4. The summed E-state index contributed by atoms with van der Waals surface area (Å²) >= 11 is 0. The van der Waals surface area contributed by atoms with Crippen LogP contribution in [0.3, 0.4) is 0 Å². The van der Waals surface area contributed by atoms with Crippen LogP contribution in [0.15, 0.2) is 51.7 Å². The molecule has 0 saturated heterocycles. The van der Waals surface area contributed by atoms with E-state index in [0.717, 1.165) is 16.7 Å². The van der Waals surface area contributed by atoms with Crippen LogP contribution in [-0.2, 0) is 13.5 Å². The Morgan fingerprint density at radius 3 is 2.38 bits per heavy atom. The van der Waals surface area contributed by atoms with Gasteiger partial charge in [0, 0.05) is 19.0 Å². The lowest BCUT2D eigenvalue weighted by atomic mass is 9.97. The van der Waals surface area contributed by atoms with Crippen molar-refractivity contribution in [3.05, 3.63) is 58.6 Å². The number of carbonyl (C=O) groups is 1. The second kappa shape index (κ2) is 7.47. The molecule has 0 aliphatic rings. The lowest BCUT2D eigenvalue weighted by Gasteiger charge is -2.36. The largest absolute Gasteiger partial charge is 0.465 e. The number of fused-ring (bicyclic) bond motifs is 1. The molecule has 0 saturated carbocycles. The van der Waals surface area contributed by atoms with Crippen LogP contribution in [0.25, 0.3) is 22.2 Å². The predicted octanol–water partition coefficient (Wildman–Crippen LogP) is 4.01. The Kier molecular flexibility index (Phi) is 5.21. The van der Waals surface area contributed by atoms with E-state index in [2.05, 4.69) is 6.07 Å². The molecule has 0 radical (unpaired) electrons. The molecule has 3 rings (SSSR count). The Labute approximate surface area is 168 Å². The summed E-state index contributed by atoms with van der Waals surface area (Å²) in [5, 5.41) is 19.1. The molecule has 29 heavy (non-hydrogen) atoms. The average Bonchev–Trinajstić information content (AvgIpc) is 2.94. The van der Waals surface area contributed by atoms with Crippen LogP contribution in [0.5, 0.6) is 0 Å². The van der Waals surface area contributed by atoms with E-state index in [-0.39, 0.29) is 0 Å². The van der Waals surface area contributed by atoms with Gasteiger partial charge in [-0.05, 0) is 49.6 Å². The molecule has 0 fully saturated rings. The van der Waals surface area contributed by atoms with E-state index in [1.165, 1.54) is 9.47 Å². The van der Waals surface area contributed by atoms with Crippen LogP contribution in [0.4, 0.5) is 4.79 Å². The molecular weight excluding hydrogens is 370 g/mol. The Morgan fingerprint density at radius 2 is 1.83 bits per heavy atom. The van der Waals surface area contributed by atoms with Crippen molar-refractivity contribution in [2.75, 3.05) is 0 Å². The normalized spacial score (nSPS) is 12.5. The summed E-state index contributed by atoms with van der Waals surface area (Å²) in [6.07, 6.45) is -0.810. The monoisotopic (exact) mass is 393 g/mol. The van der Waals surface area contributed by atoms with Gasteiger partial charge >= 0.3 is 11.8 Å². The molecule has 1 N–H and O–H groups in total. The van der Waals surface area contributed by atoms with Crippen molar-refractivity contribution < 1.29 is 14.3 Å². The number of benzene rings is 2. The van der Waals surface area contributed by atoms with Crippen LogP contribution in [0.2, 0.25) is 0 Å². The third-order valence-electron chi connectivity index (χ3n) is 4.90. The summed E-state index contributed by atoms with van der Waals surface area (Å²) in [4.78, 5) is 24.5. The zero-order valence-corrected chi connectivity index (χ0v) is 16.8. The van der Waals surface area contributed by atoms with Crippen molar-refractivity contribution in [2.24, 2.45) is 7.05 Å². The second-order valence-corrected chi connectivity index (χ2v) is 7.98. The number of hydrogen-bond donors (Lipinski definition) is 1. The maximum Gasteiger partial charge on any atom is 0.419 e. The second-order valence-electron chi connectivity index (χ2n) is 7.98. The molecule has 1 unspecified atom stereocenters. The fraction of sp³-hybridized carbons (Fsp3) is 0.318. The number of aromatic nitrogens is 1. The SMILES string of the molecule is Cn1c(=O)oc2ccc(-c3ccc(CC(C#N)N(C(=O)O)C(C)(C)C)cc3)cc21. The van der Waals surface area contributed by atoms with Crippen molar-refractivity contribution in [3.8, 4) is 17.2 Å². The Morgan fingerprint density at radius 1 is 1.21 bits per heavy atom. The topological polar surface area (TPSA) is 99.5 Å². The standard InChI is InChI=1S/C22H23N3O4/c1-22(2,3)25(20(26)27)17(13-23)11-14-5-7-15(8-6-14)16-9-10-19-18(12-16)24(4)21(28)29-19/h5-10,12,17H,11H2,1-4H3,(H,26,27). The minimum Gasteiger partial charge on any atom is -0.465 e. The highest BCUT2D eigenvalue weighted by Crippen LogP contribution is 2.25. The third-order valence-corrected chi connectivity index (χ3v) is 4.90. The molecular formula is C22H23N3O4. The van der Waals surface area contributed by atoms with E-state index in [1.807, 2.05) is 36.4 Å². The molecule has 1 aromatic heterocycles. The van der Waals surface area contributed by atoms with E-state index >= 15 is 0 Å². The molecule has 7 heteroatoms. The van der Waals surface area contributed by atoms with Crippen LogP contribution in [0.1, 0.15) is 26.3 Å². The number of nitrogens with zero attached hydrogens (tertiary/aromatic N) is 3. The summed E-state index contributed by atoms with van der Waals surface area (Å²) in [6.45, 7) is 5.32. The molecule has 0 bridgehead atoms. The van der Waals surface area contributed by atoms with Gasteiger partial charge in [-0.15, -0.1) is 0 Å². The first kappa shape index (κ1) is 20.2. The summed E-state index contributed by atoms with van der Waals surface area (Å²) in [6, 6.07) is 14.5. The average molecular weight is 393 g/mol. The van der Waals surface area contributed by atoms with E-state index in [1.54, 1.807) is 33.9 Å². The molecule has 1 atom stereocenters. The van der Waals surface area contributed by atoms with E-state index in [9.17, 15) is 20.0 Å². The highest BCUT2D eigenvalue weighted by molar-refractivity contribution is 5.80. The van der Waals surface area contributed by atoms with Gasteiger partial charge in [-0.2, -0.15) is 5.26 Å². The number of hydrogen-bond acceptors (Lipinski definition) is 4. The lowest BCUT2D eigenvalue weighted by Crippen LogP contribution is -2.51. The van der Waals surface area contributed by atoms with E-state index < -0.39 is 23.4 Å². The Bertz CT molecular complexity index is 1140. The fourth-order valence-electron chi connectivity index (χ4n) is 3.45. The zero-order chi connectivity index (χ0) is 21.3. The van der Waals surface area contributed by atoms with Crippen LogP contribution < -0.4 is 5.76 Å². The number of nitriles is 1. The molecule has 0 aliphatic carbocycles.